The zero-order chi connectivity index (χ0) is 38.4. The third-order valence-electron chi connectivity index (χ3n) is 12.0. The van der Waals surface area contributed by atoms with Gasteiger partial charge in [0.15, 0.2) is 0 Å². The van der Waals surface area contributed by atoms with E-state index in [-0.39, 0.29) is 5.92 Å². The molecule has 0 spiro atoms. The van der Waals surface area contributed by atoms with Gasteiger partial charge in [0.05, 0.1) is 11.2 Å². The van der Waals surface area contributed by atoms with Crippen LogP contribution >= 0.6 is 0 Å². The van der Waals surface area contributed by atoms with Crippen molar-refractivity contribution in [1.82, 2.24) is 4.57 Å². The molecule has 1 unspecified atom stereocenters. The number of anilines is 3. The van der Waals surface area contributed by atoms with E-state index in [0.717, 1.165) is 23.5 Å². The van der Waals surface area contributed by atoms with Crippen LogP contribution in [0.4, 0.5) is 17.1 Å². The van der Waals surface area contributed by atoms with Gasteiger partial charge in [-0.1, -0.05) is 176 Å². The van der Waals surface area contributed by atoms with Crippen LogP contribution in [0.3, 0.4) is 0 Å². The van der Waals surface area contributed by atoms with Gasteiger partial charge >= 0.3 is 0 Å². The normalized spacial score (nSPS) is 13.6. The average molecular weight is 741 g/mol. The molecule has 0 radical (unpaired) electrons. The molecule has 2 nitrogen and oxygen atoms in total. The summed E-state index contributed by atoms with van der Waals surface area (Å²) in [7, 11) is 0. The molecule has 0 bridgehead atoms. The first-order chi connectivity index (χ1) is 28.8. The highest BCUT2D eigenvalue weighted by Crippen LogP contribution is 2.43. The fourth-order valence-corrected chi connectivity index (χ4v) is 9.08. The predicted molar refractivity (Wildman–Crippen MR) is 246 cm³/mol. The number of benzene rings is 9. The van der Waals surface area contributed by atoms with Gasteiger partial charge in [-0.25, -0.2) is 0 Å². The van der Waals surface area contributed by atoms with Gasteiger partial charge in [0.25, 0.3) is 0 Å². The largest absolute Gasteiger partial charge is 0.310 e. The highest BCUT2D eigenvalue weighted by molar-refractivity contribution is 6.09. The monoisotopic (exact) mass is 740 g/mol. The number of hydrogen-bond acceptors (Lipinski definition) is 1. The van der Waals surface area contributed by atoms with E-state index in [2.05, 4.69) is 234 Å². The standard InChI is InChI=1S/C56H40N2/c1-3-12-39(13-4-1)41-22-30-47(31-23-41)57(54-21-11-18-44-16-7-9-19-50(44)54)48-32-26-43(27-33-48)46-29-37-55-53(38-46)52-36-28-45-17-8-10-20-51(45)56(52)58(55)49-34-24-42(25-35-49)40-14-5-2-6-15-40/h1-37,46H,38H2. The fraction of sp³-hybridized carbons (Fsp3) is 0.0357. The molecule has 9 aromatic carbocycles. The Kier molecular flexibility index (Phi) is 8.33. The van der Waals surface area contributed by atoms with Crippen LogP contribution in [0.2, 0.25) is 0 Å². The molecule has 0 amide bonds. The molecular formula is C56H40N2. The van der Waals surface area contributed by atoms with Crippen molar-refractivity contribution in [3.05, 3.63) is 235 Å². The van der Waals surface area contributed by atoms with E-state index < -0.39 is 0 Å². The lowest BCUT2D eigenvalue weighted by Crippen LogP contribution is -2.11. The summed E-state index contributed by atoms with van der Waals surface area (Å²) in [6, 6.07) is 77.2. The summed E-state index contributed by atoms with van der Waals surface area (Å²) in [6.45, 7) is 0. The van der Waals surface area contributed by atoms with Gasteiger partial charge in [-0.2, -0.15) is 0 Å². The maximum absolute atomic E-state index is 2.49. The van der Waals surface area contributed by atoms with Crippen LogP contribution < -0.4 is 4.90 Å². The zero-order valence-electron chi connectivity index (χ0n) is 32.0. The van der Waals surface area contributed by atoms with Gasteiger partial charge in [0.2, 0.25) is 0 Å². The molecule has 58 heavy (non-hydrogen) atoms. The first-order valence-corrected chi connectivity index (χ1v) is 20.2. The van der Waals surface area contributed by atoms with Gasteiger partial charge in [-0.05, 0) is 99.1 Å². The Morgan fingerprint density at radius 2 is 0.948 bits per heavy atom. The zero-order valence-corrected chi connectivity index (χ0v) is 32.0. The highest BCUT2D eigenvalue weighted by atomic mass is 15.1. The second kappa shape index (κ2) is 14.3. The Balaban J connectivity index is 0.974. The van der Waals surface area contributed by atoms with Crippen molar-refractivity contribution in [2.24, 2.45) is 0 Å². The Labute approximate surface area is 339 Å². The Hall–Kier alpha value is -7.42. The van der Waals surface area contributed by atoms with Crippen molar-refractivity contribution in [1.29, 1.82) is 0 Å². The Morgan fingerprint density at radius 1 is 0.414 bits per heavy atom. The number of rotatable bonds is 7. The van der Waals surface area contributed by atoms with Crippen LogP contribution in [0.1, 0.15) is 22.7 Å². The first kappa shape index (κ1) is 33.9. The molecule has 0 N–H and O–H groups in total. The van der Waals surface area contributed by atoms with Crippen molar-refractivity contribution >= 4 is 55.6 Å². The smallest absolute Gasteiger partial charge is 0.0616 e. The lowest BCUT2D eigenvalue weighted by atomic mass is 9.86. The molecule has 0 fully saturated rings. The molecule has 0 saturated carbocycles. The molecule has 1 atom stereocenters. The Bertz CT molecular complexity index is 3100. The summed E-state index contributed by atoms with van der Waals surface area (Å²) in [5, 5.41) is 6.31. The van der Waals surface area contributed by atoms with E-state index >= 15 is 0 Å². The minimum Gasteiger partial charge on any atom is -0.310 e. The van der Waals surface area contributed by atoms with Crippen LogP contribution in [0.5, 0.6) is 0 Å². The van der Waals surface area contributed by atoms with E-state index in [1.54, 1.807) is 0 Å². The highest BCUT2D eigenvalue weighted by Gasteiger charge is 2.25. The minimum atomic E-state index is 0.253. The molecule has 0 aliphatic heterocycles. The molecule has 1 aliphatic rings. The van der Waals surface area contributed by atoms with Gasteiger partial charge in [-0.3, -0.25) is 0 Å². The first-order valence-electron chi connectivity index (χ1n) is 20.2. The summed E-state index contributed by atoms with van der Waals surface area (Å²) in [5.74, 6) is 0.253. The second-order valence-corrected chi connectivity index (χ2v) is 15.3. The van der Waals surface area contributed by atoms with Gasteiger partial charge in [-0.15, -0.1) is 0 Å². The summed E-state index contributed by atoms with van der Waals surface area (Å²) in [6.07, 6.45) is 5.72. The minimum absolute atomic E-state index is 0.253. The van der Waals surface area contributed by atoms with E-state index in [0.29, 0.717) is 0 Å². The number of hydrogen-bond donors (Lipinski definition) is 0. The summed E-state index contributed by atoms with van der Waals surface area (Å²) >= 11 is 0. The van der Waals surface area contributed by atoms with E-state index in [9.17, 15) is 0 Å². The molecule has 2 heteroatoms. The third-order valence-corrected chi connectivity index (χ3v) is 12.0. The summed E-state index contributed by atoms with van der Waals surface area (Å²) in [5.41, 5.74) is 14.8. The van der Waals surface area contributed by atoms with E-state index in [4.69, 9.17) is 0 Å². The predicted octanol–water partition coefficient (Wildman–Crippen LogP) is 15.1. The van der Waals surface area contributed by atoms with Crippen LogP contribution in [0, 0.1) is 0 Å². The number of allylic oxidation sites excluding steroid dienone is 1. The van der Waals surface area contributed by atoms with Gasteiger partial charge in [0, 0.05) is 44.8 Å². The molecule has 1 aromatic heterocycles. The molecule has 10 aromatic rings. The quantitative estimate of drug-likeness (QED) is 0.158. The second-order valence-electron chi connectivity index (χ2n) is 15.3. The number of fused-ring (bicyclic) bond motifs is 6. The molecule has 274 valence electrons. The fourth-order valence-electron chi connectivity index (χ4n) is 9.08. The van der Waals surface area contributed by atoms with Crippen molar-refractivity contribution in [2.75, 3.05) is 4.90 Å². The average Bonchev–Trinajstić information content (AvgIpc) is 3.64. The van der Waals surface area contributed by atoms with Crippen LogP contribution in [0.25, 0.3) is 66.5 Å². The molecular weight excluding hydrogens is 701 g/mol. The van der Waals surface area contributed by atoms with Crippen LogP contribution in [-0.4, -0.2) is 4.57 Å². The number of nitrogens with zero attached hydrogens (tertiary/aromatic N) is 2. The van der Waals surface area contributed by atoms with E-state index in [1.807, 2.05) is 0 Å². The van der Waals surface area contributed by atoms with Crippen molar-refractivity contribution in [3.63, 3.8) is 0 Å². The molecule has 1 aliphatic carbocycles. The lowest BCUT2D eigenvalue weighted by Gasteiger charge is -2.28. The van der Waals surface area contributed by atoms with Crippen molar-refractivity contribution in [2.45, 2.75) is 12.3 Å². The molecule has 0 saturated heterocycles. The third kappa shape index (κ3) is 5.90. The Morgan fingerprint density at radius 3 is 1.62 bits per heavy atom. The molecule has 1 heterocycles. The summed E-state index contributed by atoms with van der Waals surface area (Å²) in [4.78, 5) is 2.40. The van der Waals surface area contributed by atoms with Crippen LogP contribution in [-0.2, 0) is 6.42 Å². The molecule has 11 rings (SSSR count). The maximum Gasteiger partial charge on any atom is 0.0616 e. The maximum atomic E-state index is 2.49. The lowest BCUT2D eigenvalue weighted by molar-refractivity contribution is 0.825. The summed E-state index contributed by atoms with van der Waals surface area (Å²) < 4.78 is 2.49. The van der Waals surface area contributed by atoms with Gasteiger partial charge in [0.1, 0.15) is 0 Å². The number of aromatic nitrogens is 1. The van der Waals surface area contributed by atoms with Crippen LogP contribution in [0.15, 0.2) is 218 Å². The van der Waals surface area contributed by atoms with E-state index in [1.165, 1.54) is 77.2 Å². The van der Waals surface area contributed by atoms with Gasteiger partial charge < -0.3 is 9.47 Å². The van der Waals surface area contributed by atoms with Crippen molar-refractivity contribution in [3.8, 4) is 27.9 Å². The van der Waals surface area contributed by atoms with Crippen molar-refractivity contribution < 1.29 is 0 Å². The topological polar surface area (TPSA) is 8.17 Å². The SMILES string of the molecule is C1=CC(c2ccc(N(c3ccc(-c4ccccc4)cc3)c3cccc4ccccc34)cc2)Cc2c1n(-c1ccc(-c3ccccc3)cc1)c1c2ccc2ccccc21.